The topological polar surface area (TPSA) is 53.9 Å². The Bertz CT molecular complexity index is 467. The van der Waals surface area contributed by atoms with Crippen molar-refractivity contribution >= 4 is 5.90 Å². The molecule has 2 N–H and O–H groups in total. The lowest BCUT2D eigenvalue weighted by atomic mass is 9.99. The molecule has 2 unspecified atom stereocenters. The third kappa shape index (κ3) is 3.07. The van der Waals surface area contributed by atoms with Crippen molar-refractivity contribution in [3.05, 3.63) is 29.8 Å². The van der Waals surface area contributed by atoms with E-state index in [1.54, 1.807) is 12.1 Å². The van der Waals surface area contributed by atoms with Crippen molar-refractivity contribution in [3.63, 3.8) is 0 Å². The van der Waals surface area contributed by atoms with Crippen LogP contribution in [0.4, 0.5) is 0 Å². The fourth-order valence-corrected chi connectivity index (χ4v) is 2.78. The number of ether oxygens (including phenoxy) is 1. The van der Waals surface area contributed by atoms with Gasteiger partial charge in [-0.2, -0.15) is 0 Å². The molecule has 102 valence electrons. The van der Waals surface area contributed by atoms with Crippen LogP contribution in [0.15, 0.2) is 29.3 Å². The Balaban J connectivity index is 1.62. The van der Waals surface area contributed by atoms with Crippen LogP contribution >= 0.6 is 0 Å². The van der Waals surface area contributed by atoms with E-state index in [0.717, 1.165) is 31.0 Å². The van der Waals surface area contributed by atoms with Gasteiger partial charge >= 0.3 is 0 Å². The number of rotatable bonds is 3. The van der Waals surface area contributed by atoms with Crippen molar-refractivity contribution in [3.8, 4) is 5.75 Å². The highest BCUT2D eigenvalue weighted by Gasteiger charge is 2.27. The number of aromatic hydroxyl groups is 1. The summed E-state index contributed by atoms with van der Waals surface area (Å²) in [7, 11) is 0. The van der Waals surface area contributed by atoms with Gasteiger partial charge in [0, 0.05) is 12.5 Å². The average Bonchev–Trinajstić information content (AvgIpc) is 2.88. The van der Waals surface area contributed by atoms with Crippen molar-refractivity contribution in [2.45, 2.75) is 25.3 Å². The van der Waals surface area contributed by atoms with Crippen molar-refractivity contribution in [1.29, 1.82) is 0 Å². The van der Waals surface area contributed by atoms with Crippen LogP contribution in [0.3, 0.4) is 0 Å². The van der Waals surface area contributed by atoms with Gasteiger partial charge in [0.25, 0.3) is 0 Å². The zero-order valence-electron chi connectivity index (χ0n) is 11.0. The second-order valence-corrected chi connectivity index (χ2v) is 5.35. The van der Waals surface area contributed by atoms with Crippen LogP contribution < -0.4 is 5.32 Å². The Morgan fingerprint density at radius 2 is 2.37 bits per heavy atom. The Morgan fingerprint density at radius 1 is 1.42 bits per heavy atom. The van der Waals surface area contributed by atoms with Gasteiger partial charge in [0.15, 0.2) is 5.90 Å². The molecule has 4 heteroatoms. The van der Waals surface area contributed by atoms with Gasteiger partial charge in [0.2, 0.25) is 0 Å². The van der Waals surface area contributed by atoms with E-state index in [1.807, 2.05) is 12.1 Å². The first-order chi connectivity index (χ1) is 9.31. The lowest BCUT2D eigenvalue weighted by Crippen LogP contribution is -2.34. The lowest BCUT2D eigenvalue weighted by molar-refractivity contribution is 0.285. The van der Waals surface area contributed by atoms with Gasteiger partial charge < -0.3 is 15.2 Å². The molecule has 1 aromatic rings. The standard InChI is InChI=1S/C15H20N2O2/c18-14-5-1-3-11(8-14)7-13-10-19-15(17-13)12-4-2-6-16-9-12/h1,3,5,8,12-13,16,18H,2,4,6-7,9-10H2. The largest absolute Gasteiger partial charge is 0.508 e. The minimum atomic E-state index is 0.193. The van der Waals surface area contributed by atoms with Gasteiger partial charge in [-0.1, -0.05) is 12.1 Å². The molecule has 1 fully saturated rings. The van der Waals surface area contributed by atoms with Crippen LogP contribution in [0.1, 0.15) is 18.4 Å². The first kappa shape index (κ1) is 12.5. The molecule has 1 saturated heterocycles. The fraction of sp³-hybridized carbons (Fsp3) is 0.533. The summed E-state index contributed by atoms with van der Waals surface area (Å²) in [5, 5.41) is 12.9. The minimum Gasteiger partial charge on any atom is -0.508 e. The second kappa shape index (κ2) is 5.61. The highest BCUT2D eigenvalue weighted by atomic mass is 16.5. The molecular formula is C15H20N2O2. The van der Waals surface area contributed by atoms with Gasteiger partial charge in [-0.05, 0) is 43.5 Å². The summed E-state index contributed by atoms with van der Waals surface area (Å²) in [6.07, 6.45) is 3.20. The van der Waals surface area contributed by atoms with E-state index in [0.29, 0.717) is 18.3 Å². The molecule has 2 atom stereocenters. The number of phenolic OH excluding ortho intramolecular Hbond substituents is 1. The van der Waals surface area contributed by atoms with Gasteiger partial charge in [-0.3, -0.25) is 0 Å². The van der Waals surface area contributed by atoms with Gasteiger partial charge in [-0.25, -0.2) is 4.99 Å². The molecule has 0 radical (unpaired) electrons. The van der Waals surface area contributed by atoms with E-state index in [-0.39, 0.29) is 6.04 Å². The highest BCUT2D eigenvalue weighted by molar-refractivity contribution is 5.80. The molecule has 0 aromatic heterocycles. The van der Waals surface area contributed by atoms with Crippen molar-refractivity contribution in [2.24, 2.45) is 10.9 Å². The smallest absolute Gasteiger partial charge is 0.188 e. The van der Waals surface area contributed by atoms with E-state index >= 15 is 0 Å². The maximum absolute atomic E-state index is 9.47. The van der Waals surface area contributed by atoms with E-state index in [4.69, 9.17) is 9.73 Å². The second-order valence-electron chi connectivity index (χ2n) is 5.35. The zero-order chi connectivity index (χ0) is 13.1. The van der Waals surface area contributed by atoms with Gasteiger partial charge in [-0.15, -0.1) is 0 Å². The number of nitrogens with zero attached hydrogens (tertiary/aromatic N) is 1. The number of aliphatic imine (C=N–C) groups is 1. The van der Waals surface area contributed by atoms with Crippen LogP contribution in [0, 0.1) is 5.92 Å². The average molecular weight is 260 g/mol. The maximum atomic E-state index is 9.47. The number of hydrogen-bond donors (Lipinski definition) is 2. The number of phenols is 1. The van der Waals surface area contributed by atoms with Crippen LogP contribution in [0.5, 0.6) is 5.75 Å². The summed E-state index contributed by atoms with van der Waals surface area (Å²) in [5.41, 5.74) is 1.11. The minimum absolute atomic E-state index is 0.193. The zero-order valence-corrected chi connectivity index (χ0v) is 11.0. The molecule has 0 amide bonds. The summed E-state index contributed by atoms with van der Waals surface area (Å²) < 4.78 is 5.75. The predicted molar refractivity (Wildman–Crippen MR) is 74.6 cm³/mol. The number of benzene rings is 1. The molecule has 1 aromatic carbocycles. The number of hydrogen-bond acceptors (Lipinski definition) is 4. The summed E-state index contributed by atoms with van der Waals surface area (Å²) in [4.78, 5) is 4.71. The van der Waals surface area contributed by atoms with Gasteiger partial charge in [0.05, 0.1) is 6.04 Å². The normalized spacial score (nSPS) is 26.8. The van der Waals surface area contributed by atoms with Crippen molar-refractivity contribution in [1.82, 2.24) is 5.32 Å². The molecule has 2 aliphatic heterocycles. The van der Waals surface area contributed by atoms with Crippen LogP contribution in [-0.4, -0.2) is 36.7 Å². The number of nitrogens with one attached hydrogen (secondary N) is 1. The Morgan fingerprint density at radius 3 is 3.16 bits per heavy atom. The van der Waals surface area contributed by atoms with E-state index < -0.39 is 0 Å². The molecule has 0 bridgehead atoms. The Labute approximate surface area is 113 Å². The maximum Gasteiger partial charge on any atom is 0.188 e. The summed E-state index contributed by atoms with van der Waals surface area (Å²) >= 11 is 0. The Hall–Kier alpha value is -1.55. The number of piperidine rings is 1. The molecule has 3 rings (SSSR count). The van der Waals surface area contributed by atoms with Crippen LogP contribution in [-0.2, 0) is 11.2 Å². The van der Waals surface area contributed by atoms with Crippen LogP contribution in [0.25, 0.3) is 0 Å². The van der Waals surface area contributed by atoms with Crippen LogP contribution in [0.2, 0.25) is 0 Å². The highest BCUT2D eigenvalue weighted by Crippen LogP contribution is 2.21. The monoisotopic (exact) mass is 260 g/mol. The third-order valence-electron chi connectivity index (χ3n) is 3.76. The molecule has 19 heavy (non-hydrogen) atoms. The van der Waals surface area contributed by atoms with Crippen molar-refractivity contribution in [2.75, 3.05) is 19.7 Å². The Kier molecular flexibility index (Phi) is 3.69. The fourth-order valence-electron chi connectivity index (χ4n) is 2.78. The molecule has 0 aliphatic carbocycles. The molecular weight excluding hydrogens is 240 g/mol. The third-order valence-corrected chi connectivity index (χ3v) is 3.76. The molecule has 4 nitrogen and oxygen atoms in total. The summed E-state index contributed by atoms with van der Waals surface area (Å²) in [6, 6.07) is 7.58. The summed E-state index contributed by atoms with van der Waals surface area (Å²) in [6.45, 7) is 2.76. The first-order valence-electron chi connectivity index (χ1n) is 7.00. The SMILES string of the molecule is Oc1cccc(CC2COC(C3CCCNC3)=N2)c1. The summed E-state index contributed by atoms with van der Waals surface area (Å²) in [5.74, 6) is 1.69. The van der Waals surface area contributed by atoms with E-state index in [1.165, 1.54) is 12.8 Å². The predicted octanol–water partition coefficient (Wildman–Crippen LogP) is 1.73. The van der Waals surface area contributed by atoms with Gasteiger partial charge in [0.1, 0.15) is 12.4 Å². The molecule has 0 spiro atoms. The van der Waals surface area contributed by atoms with E-state index in [9.17, 15) is 5.11 Å². The molecule has 2 heterocycles. The lowest BCUT2D eigenvalue weighted by Gasteiger charge is -2.21. The van der Waals surface area contributed by atoms with Crippen molar-refractivity contribution < 1.29 is 9.84 Å². The molecule has 2 aliphatic rings. The van der Waals surface area contributed by atoms with E-state index in [2.05, 4.69) is 5.32 Å². The molecule has 0 saturated carbocycles. The first-order valence-corrected chi connectivity index (χ1v) is 7.00. The quantitative estimate of drug-likeness (QED) is 0.870.